The topological polar surface area (TPSA) is 55.2 Å². The number of aryl methyl sites for hydroxylation is 1. The Morgan fingerprint density at radius 1 is 1.04 bits per heavy atom. The van der Waals surface area contributed by atoms with E-state index in [1.807, 2.05) is 23.6 Å². The average molecular weight is 340 g/mol. The van der Waals surface area contributed by atoms with Crippen molar-refractivity contribution in [2.75, 3.05) is 0 Å². The monoisotopic (exact) mass is 339 g/mol. The van der Waals surface area contributed by atoms with Crippen LogP contribution >= 0.6 is 11.6 Å². The molecule has 0 N–H and O–H groups in total. The summed E-state index contributed by atoms with van der Waals surface area (Å²) in [7, 11) is 0. The zero-order chi connectivity index (χ0) is 16.8. The highest BCUT2D eigenvalue weighted by Crippen LogP contribution is 2.26. The standard InChI is InChI=1S/C18H14ClN3O2/c1-2-21-15-9-11(19)7-8-14(15)20-16(21)10-22-17(23)12-5-3-4-6-13(12)18(22)24/h3-9H,2,10H2,1H3. The van der Waals surface area contributed by atoms with E-state index in [4.69, 9.17) is 11.6 Å². The molecule has 0 radical (unpaired) electrons. The van der Waals surface area contributed by atoms with Crippen LogP contribution in [-0.2, 0) is 13.1 Å². The minimum atomic E-state index is -0.275. The van der Waals surface area contributed by atoms with Crippen molar-refractivity contribution in [3.05, 3.63) is 64.4 Å². The van der Waals surface area contributed by atoms with Gasteiger partial charge in [-0.1, -0.05) is 23.7 Å². The van der Waals surface area contributed by atoms with Gasteiger partial charge in [-0.05, 0) is 37.3 Å². The minimum Gasteiger partial charge on any atom is -0.327 e. The number of carbonyl (C=O) groups excluding carboxylic acids is 2. The highest BCUT2D eigenvalue weighted by molar-refractivity contribution is 6.31. The van der Waals surface area contributed by atoms with E-state index < -0.39 is 0 Å². The fraction of sp³-hybridized carbons (Fsp3) is 0.167. The molecule has 0 aliphatic carbocycles. The second-order valence-electron chi connectivity index (χ2n) is 5.65. The molecular weight excluding hydrogens is 326 g/mol. The molecule has 0 bridgehead atoms. The van der Waals surface area contributed by atoms with Gasteiger partial charge in [-0.3, -0.25) is 14.5 Å². The van der Waals surface area contributed by atoms with Crippen molar-refractivity contribution < 1.29 is 9.59 Å². The van der Waals surface area contributed by atoms with Gasteiger partial charge in [-0.2, -0.15) is 0 Å². The molecule has 0 saturated heterocycles. The Morgan fingerprint density at radius 3 is 2.33 bits per heavy atom. The summed E-state index contributed by atoms with van der Waals surface area (Å²) in [5, 5.41) is 0.629. The maximum atomic E-state index is 12.5. The molecule has 24 heavy (non-hydrogen) atoms. The van der Waals surface area contributed by atoms with Gasteiger partial charge in [0.2, 0.25) is 0 Å². The van der Waals surface area contributed by atoms with Crippen molar-refractivity contribution in [1.82, 2.24) is 14.5 Å². The van der Waals surface area contributed by atoms with Crippen molar-refractivity contribution in [2.24, 2.45) is 0 Å². The van der Waals surface area contributed by atoms with E-state index in [0.29, 0.717) is 28.5 Å². The number of imide groups is 1. The molecular formula is C18H14ClN3O2. The Balaban J connectivity index is 1.76. The molecule has 1 aromatic heterocycles. The number of rotatable bonds is 3. The molecule has 2 aromatic carbocycles. The van der Waals surface area contributed by atoms with E-state index in [-0.39, 0.29) is 18.4 Å². The molecule has 120 valence electrons. The van der Waals surface area contributed by atoms with Crippen LogP contribution in [0.15, 0.2) is 42.5 Å². The van der Waals surface area contributed by atoms with E-state index in [9.17, 15) is 9.59 Å². The van der Waals surface area contributed by atoms with Crippen molar-refractivity contribution in [1.29, 1.82) is 0 Å². The number of halogens is 1. The smallest absolute Gasteiger partial charge is 0.261 e. The highest BCUT2D eigenvalue weighted by atomic mass is 35.5. The number of fused-ring (bicyclic) bond motifs is 2. The number of aromatic nitrogens is 2. The fourth-order valence-electron chi connectivity index (χ4n) is 3.14. The van der Waals surface area contributed by atoms with Gasteiger partial charge in [-0.15, -0.1) is 0 Å². The lowest BCUT2D eigenvalue weighted by Gasteiger charge is -2.14. The van der Waals surface area contributed by atoms with Crippen LogP contribution in [0.4, 0.5) is 0 Å². The van der Waals surface area contributed by atoms with Gasteiger partial charge >= 0.3 is 0 Å². The lowest BCUT2D eigenvalue weighted by Crippen LogP contribution is -2.30. The second-order valence-corrected chi connectivity index (χ2v) is 6.08. The second kappa shape index (κ2) is 5.46. The van der Waals surface area contributed by atoms with Gasteiger partial charge in [-0.25, -0.2) is 4.98 Å². The van der Waals surface area contributed by atoms with Crippen molar-refractivity contribution in [2.45, 2.75) is 20.0 Å². The number of hydrogen-bond acceptors (Lipinski definition) is 3. The van der Waals surface area contributed by atoms with Crippen molar-refractivity contribution in [3.63, 3.8) is 0 Å². The average Bonchev–Trinajstić information content (AvgIpc) is 3.05. The summed E-state index contributed by atoms with van der Waals surface area (Å²) < 4.78 is 1.98. The number of carbonyl (C=O) groups is 2. The summed E-state index contributed by atoms with van der Waals surface area (Å²) >= 11 is 6.07. The Bertz CT molecular complexity index is 958. The predicted octanol–water partition coefficient (Wildman–Crippen LogP) is 3.51. The van der Waals surface area contributed by atoms with Crippen LogP contribution in [0.1, 0.15) is 33.5 Å². The first-order valence-corrected chi connectivity index (χ1v) is 8.08. The van der Waals surface area contributed by atoms with Gasteiger partial charge in [0.25, 0.3) is 11.8 Å². The molecule has 0 unspecified atom stereocenters. The quantitative estimate of drug-likeness (QED) is 0.686. The van der Waals surface area contributed by atoms with Crippen molar-refractivity contribution in [3.8, 4) is 0 Å². The minimum absolute atomic E-state index is 0.145. The Labute approximate surface area is 143 Å². The molecule has 2 heterocycles. The number of imidazole rings is 1. The summed E-state index contributed by atoms with van der Waals surface area (Å²) in [6.07, 6.45) is 0. The fourth-order valence-corrected chi connectivity index (χ4v) is 3.31. The Hall–Kier alpha value is -2.66. The van der Waals surface area contributed by atoms with Gasteiger partial charge in [0.1, 0.15) is 5.82 Å². The predicted molar refractivity (Wildman–Crippen MR) is 91.1 cm³/mol. The van der Waals surface area contributed by atoms with Crippen molar-refractivity contribution >= 4 is 34.4 Å². The third-order valence-corrected chi connectivity index (χ3v) is 4.52. The van der Waals surface area contributed by atoms with Crippen LogP contribution in [0.2, 0.25) is 5.02 Å². The molecule has 1 aliphatic heterocycles. The van der Waals surface area contributed by atoms with Gasteiger partial charge in [0, 0.05) is 11.6 Å². The molecule has 4 rings (SSSR count). The lowest BCUT2D eigenvalue weighted by molar-refractivity contribution is 0.0637. The Kier molecular flexibility index (Phi) is 3.39. The highest BCUT2D eigenvalue weighted by Gasteiger charge is 2.35. The van der Waals surface area contributed by atoms with E-state index in [1.165, 1.54) is 4.90 Å². The first kappa shape index (κ1) is 14.9. The third kappa shape index (κ3) is 2.12. The van der Waals surface area contributed by atoms with E-state index >= 15 is 0 Å². The third-order valence-electron chi connectivity index (χ3n) is 4.28. The number of hydrogen-bond donors (Lipinski definition) is 0. The number of benzene rings is 2. The molecule has 0 fully saturated rings. The molecule has 3 aromatic rings. The first-order valence-electron chi connectivity index (χ1n) is 7.70. The molecule has 0 spiro atoms. The van der Waals surface area contributed by atoms with E-state index in [1.54, 1.807) is 30.3 Å². The van der Waals surface area contributed by atoms with Crippen LogP contribution in [0.5, 0.6) is 0 Å². The molecule has 6 heteroatoms. The van der Waals surface area contributed by atoms with Crippen LogP contribution in [0, 0.1) is 0 Å². The largest absolute Gasteiger partial charge is 0.327 e. The van der Waals surface area contributed by atoms with Gasteiger partial charge in [0.15, 0.2) is 0 Å². The number of nitrogens with zero attached hydrogens (tertiary/aromatic N) is 3. The van der Waals surface area contributed by atoms with E-state index in [2.05, 4.69) is 4.98 Å². The van der Waals surface area contributed by atoms with Gasteiger partial charge in [0.05, 0.1) is 28.7 Å². The van der Waals surface area contributed by atoms with Crippen LogP contribution in [0.25, 0.3) is 11.0 Å². The summed E-state index contributed by atoms with van der Waals surface area (Å²) in [6, 6.07) is 12.3. The summed E-state index contributed by atoms with van der Waals surface area (Å²) in [5.74, 6) is 0.121. The van der Waals surface area contributed by atoms with E-state index in [0.717, 1.165) is 11.0 Å². The SMILES string of the molecule is CCn1c(CN2C(=O)c3ccccc3C2=O)nc2ccc(Cl)cc21. The molecule has 0 atom stereocenters. The van der Waals surface area contributed by atoms with Gasteiger partial charge < -0.3 is 4.57 Å². The zero-order valence-corrected chi connectivity index (χ0v) is 13.7. The molecule has 5 nitrogen and oxygen atoms in total. The Morgan fingerprint density at radius 2 is 1.71 bits per heavy atom. The normalized spacial score (nSPS) is 13.8. The van der Waals surface area contributed by atoms with Crippen LogP contribution in [-0.4, -0.2) is 26.3 Å². The van der Waals surface area contributed by atoms with Crippen LogP contribution in [0.3, 0.4) is 0 Å². The molecule has 2 amide bonds. The molecule has 1 aliphatic rings. The lowest BCUT2D eigenvalue weighted by atomic mass is 10.1. The summed E-state index contributed by atoms with van der Waals surface area (Å²) in [5.41, 5.74) is 2.60. The molecule has 0 saturated carbocycles. The zero-order valence-electron chi connectivity index (χ0n) is 13.0. The number of amides is 2. The van der Waals surface area contributed by atoms with Crippen LogP contribution < -0.4 is 0 Å². The maximum absolute atomic E-state index is 12.5. The first-order chi connectivity index (χ1) is 11.6. The summed E-state index contributed by atoms with van der Waals surface area (Å²) in [6.45, 7) is 2.82. The maximum Gasteiger partial charge on any atom is 0.261 e. The summed E-state index contributed by atoms with van der Waals surface area (Å²) in [4.78, 5) is 30.9.